The van der Waals surface area contributed by atoms with Gasteiger partial charge in [0.15, 0.2) is 0 Å². The van der Waals surface area contributed by atoms with Crippen molar-refractivity contribution in [3.05, 3.63) is 60.3 Å². The largest absolute Gasteiger partial charge is 0.456 e. The molecule has 0 aliphatic carbocycles. The molecule has 2 aromatic carbocycles. The van der Waals surface area contributed by atoms with Crippen LogP contribution in [0.5, 0.6) is 0 Å². The molecular weight excluding hydrogens is 234 g/mol. The number of benzene rings is 2. The van der Waals surface area contributed by atoms with Crippen LogP contribution in [0.15, 0.2) is 64.1 Å². The molecule has 0 saturated carbocycles. The Bertz CT molecular complexity index is 989. The van der Waals surface area contributed by atoms with E-state index in [-0.39, 0.29) is 12.2 Å². The molecule has 19 heavy (non-hydrogen) atoms. The van der Waals surface area contributed by atoms with Crippen LogP contribution in [-0.2, 0) is 0 Å². The van der Waals surface area contributed by atoms with Gasteiger partial charge in [0.1, 0.15) is 11.2 Å². The number of hydrogen-bond acceptors (Lipinski definition) is 2. The smallest absolute Gasteiger partial charge is 0.135 e. The fraction of sp³-hybridized carbons (Fsp3) is 0.118. The van der Waals surface area contributed by atoms with Crippen molar-refractivity contribution in [2.24, 2.45) is 4.99 Å². The molecule has 2 heteroatoms. The lowest BCUT2D eigenvalue weighted by Crippen LogP contribution is -2.01. The first-order valence-electron chi connectivity index (χ1n) is 8.24. The maximum atomic E-state index is 8.15. The van der Waals surface area contributed by atoms with Crippen LogP contribution in [0.2, 0.25) is 0 Å². The van der Waals surface area contributed by atoms with Gasteiger partial charge < -0.3 is 4.42 Å². The Morgan fingerprint density at radius 2 is 2.00 bits per heavy atom. The predicted molar refractivity (Wildman–Crippen MR) is 78.6 cm³/mol. The van der Waals surface area contributed by atoms with Crippen molar-refractivity contribution in [1.29, 1.82) is 0 Å². The summed E-state index contributed by atoms with van der Waals surface area (Å²) in [5, 5.41) is 1.90. The van der Waals surface area contributed by atoms with E-state index >= 15 is 0 Å². The highest BCUT2D eigenvalue weighted by Crippen LogP contribution is 2.29. The number of aliphatic imine (C=N–C) groups is 1. The molecule has 0 saturated heterocycles. The molecule has 92 valence electrons. The van der Waals surface area contributed by atoms with Gasteiger partial charge in [0, 0.05) is 25.4 Å². The molecule has 0 N–H and O–H groups in total. The third kappa shape index (κ3) is 1.68. The van der Waals surface area contributed by atoms with Crippen molar-refractivity contribution in [3.63, 3.8) is 0 Å². The third-order valence-corrected chi connectivity index (χ3v) is 3.24. The molecule has 1 aliphatic heterocycles. The lowest BCUT2D eigenvalue weighted by molar-refractivity contribution is 0.669. The predicted octanol–water partition coefficient (Wildman–Crippen LogP) is 4.68. The van der Waals surface area contributed by atoms with E-state index in [1.54, 1.807) is 6.07 Å². The van der Waals surface area contributed by atoms with Crippen LogP contribution in [0.4, 0.5) is 0 Å². The van der Waals surface area contributed by atoms with Gasteiger partial charge in [-0.3, -0.25) is 4.99 Å². The van der Waals surface area contributed by atoms with E-state index in [4.69, 9.17) is 9.90 Å². The zero-order chi connectivity index (χ0) is 16.1. The molecule has 0 fully saturated rings. The number of hydrogen-bond donors (Lipinski definition) is 0. The van der Waals surface area contributed by atoms with Gasteiger partial charge >= 0.3 is 0 Å². The zero-order valence-corrected chi connectivity index (χ0v) is 10.1. The van der Waals surface area contributed by atoms with Crippen molar-refractivity contribution >= 4 is 27.7 Å². The van der Waals surface area contributed by atoms with Crippen molar-refractivity contribution in [1.82, 2.24) is 0 Å². The Hall–Kier alpha value is -2.35. The number of para-hydroxylation sites is 1. The van der Waals surface area contributed by atoms with E-state index < -0.39 is 12.8 Å². The minimum atomic E-state index is -1.08. The summed E-state index contributed by atoms with van der Waals surface area (Å²) in [5.74, 6) is 0. The van der Waals surface area contributed by atoms with E-state index in [1.807, 2.05) is 36.4 Å². The molecule has 2 unspecified atom stereocenters. The van der Waals surface area contributed by atoms with Crippen molar-refractivity contribution in [3.8, 4) is 0 Å². The summed E-state index contributed by atoms with van der Waals surface area (Å²) < 4.78 is 37.2. The molecule has 2 nitrogen and oxygen atoms in total. The first kappa shape index (κ1) is 7.29. The third-order valence-electron chi connectivity index (χ3n) is 3.24. The van der Waals surface area contributed by atoms with Gasteiger partial charge in [-0.05, 0) is 42.6 Å². The first-order valence-corrected chi connectivity index (χ1v) is 6.08. The minimum Gasteiger partial charge on any atom is -0.456 e. The van der Waals surface area contributed by atoms with Crippen LogP contribution in [0.3, 0.4) is 0 Å². The SMILES string of the molecule is [2H]C1=C([2H])C([2H])C([2H])C(c2ccc3oc4ccccc4c3c2)=N1. The molecule has 1 aromatic heterocycles. The Kier molecular flexibility index (Phi) is 1.57. The fourth-order valence-corrected chi connectivity index (χ4v) is 2.33. The number of nitrogens with zero attached hydrogens (tertiary/aromatic N) is 1. The molecule has 2 atom stereocenters. The summed E-state index contributed by atoms with van der Waals surface area (Å²) in [5.41, 5.74) is 2.59. The molecule has 3 aromatic rings. The lowest BCUT2D eigenvalue weighted by atomic mass is 10.0. The monoisotopic (exact) mass is 251 g/mol. The second-order valence-electron chi connectivity index (χ2n) is 4.40. The molecule has 4 rings (SSSR count). The zero-order valence-electron chi connectivity index (χ0n) is 14.1. The highest BCUT2D eigenvalue weighted by atomic mass is 16.3. The van der Waals surface area contributed by atoms with Crippen LogP contribution in [0.1, 0.15) is 23.8 Å². The number of fused-ring (bicyclic) bond motifs is 3. The Labute approximate surface area is 116 Å². The van der Waals surface area contributed by atoms with Crippen LogP contribution in [0, 0.1) is 0 Å². The van der Waals surface area contributed by atoms with Crippen molar-refractivity contribution < 1.29 is 9.90 Å². The molecular formula is C17H13NO. The van der Waals surface area contributed by atoms with Crippen LogP contribution in [0.25, 0.3) is 21.9 Å². The highest BCUT2D eigenvalue weighted by molar-refractivity contribution is 6.09. The van der Waals surface area contributed by atoms with Crippen molar-refractivity contribution in [2.75, 3.05) is 0 Å². The molecule has 0 amide bonds. The van der Waals surface area contributed by atoms with Gasteiger partial charge in [-0.25, -0.2) is 0 Å². The van der Waals surface area contributed by atoms with Gasteiger partial charge in [0.05, 0.1) is 2.74 Å². The molecule has 1 aliphatic rings. The van der Waals surface area contributed by atoms with E-state index in [1.165, 1.54) is 0 Å². The van der Waals surface area contributed by atoms with E-state index in [0.29, 0.717) is 11.3 Å². The van der Waals surface area contributed by atoms with Crippen LogP contribution in [-0.4, -0.2) is 5.71 Å². The minimum absolute atomic E-state index is 0.205. The van der Waals surface area contributed by atoms with Crippen LogP contribution < -0.4 is 0 Å². The average molecular weight is 251 g/mol. The summed E-state index contributed by atoms with van der Waals surface area (Å²) in [4.78, 5) is 4.07. The second kappa shape index (κ2) is 4.09. The Morgan fingerprint density at radius 3 is 3.00 bits per heavy atom. The van der Waals surface area contributed by atoms with Gasteiger partial charge in [-0.1, -0.05) is 24.3 Å². The van der Waals surface area contributed by atoms with Gasteiger partial charge in [0.25, 0.3) is 0 Å². The molecule has 0 radical (unpaired) electrons. The summed E-state index contributed by atoms with van der Waals surface area (Å²) in [6, 6.07) is 13.0. The normalized spacial score (nSPS) is 26.8. The maximum absolute atomic E-state index is 8.15. The number of furan rings is 1. The molecule has 0 spiro atoms. The van der Waals surface area contributed by atoms with Gasteiger partial charge in [-0.2, -0.15) is 0 Å². The van der Waals surface area contributed by atoms with Crippen molar-refractivity contribution in [2.45, 2.75) is 12.8 Å². The lowest BCUT2D eigenvalue weighted by Gasteiger charge is -2.07. The summed E-state index contributed by atoms with van der Waals surface area (Å²) in [6.07, 6.45) is -2.28. The number of allylic oxidation sites excluding steroid dienone is 1. The first-order chi connectivity index (χ1) is 11.1. The topological polar surface area (TPSA) is 25.5 Å². The van der Waals surface area contributed by atoms with E-state index in [2.05, 4.69) is 4.99 Å². The summed E-state index contributed by atoms with van der Waals surface area (Å²) in [7, 11) is 0. The quantitative estimate of drug-likeness (QED) is 0.616. The summed E-state index contributed by atoms with van der Waals surface area (Å²) >= 11 is 0. The maximum Gasteiger partial charge on any atom is 0.135 e. The highest BCUT2D eigenvalue weighted by Gasteiger charge is 2.10. The standard InChI is InChI=1S/C17H13NO/c1-2-7-16-13(5-1)14-11-12(8-9-17(14)19-16)15-6-3-4-10-18-15/h1-2,4-5,7-11H,3,6H2/i3D,4D,6D,10D. The Morgan fingerprint density at radius 1 is 1.11 bits per heavy atom. The van der Waals surface area contributed by atoms with Gasteiger partial charge in [-0.15, -0.1) is 0 Å². The molecule has 0 bridgehead atoms. The second-order valence-corrected chi connectivity index (χ2v) is 4.40. The number of rotatable bonds is 1. The van der Waals surface area contributed by atoms with E-state index in [9.17, 15) is 0 Å². The van der Waals surface area contributed by atoms with E-state index in [0.717, 1.165) is 21.9 Å². The van der Waals surface area contributed by atoms with Gasteiger partial charge in [0.2, 0.25) is 0 Å². The fourth-order valence-electron chi connectivity index (χ4n) is 2.33. The Balaban J connectivity index is 1.92. The van der Waals surface area contributed by atoms with Crippen LogP contribution >= 0.6 is 0 Å². The summed E-state index contributed by atoms with van der Waals surface area (Å²) in [6.45, 7) is 0. The molecule has 2 heterocycles. The average Bonchev–Trinajstić information content (AvgIpc) is 2.94.